The summed E-state index contributed by atoms with van der Waals surface area (Å²) in [6.45, 7) is 3.42. The molecule has 0 aliphatic carbocycles. The van der Waals surface area contributed by atoms with Crippen molar-refractivity contribution in [1.82, 2.24) is 0 Å². The van der Waals surface area contributed by atoms with E-state index in [1.165, 1.54) is 77.0 Å². The van der Waals surface area contributed by atoms with Crippen LogP contribution in [0.3, 0.4) is 0 Å². The summed E-state index contributed by atoms with van der Waals surface area (Å²) in [7, 11) is 0. The van der Waals surface area contributed by atoms with E-state index in [0.29, 0.717) is 0 Å². The van der Waals surface area contributed by atoms with Gasteiger partial charge in [0.25, 0.3) is 0 Å². The molecule has 2 N–H and O–H groups in total. The Morgan fingerprint density at radius 2 is 1.32 bits per heavy atom. The molecule has 0 saturated carbocycles. The van der Waals surface area contributed by atoms with Gasteiger partial charge in [0, 0.05) is 12.8 Å². The summed E-state index contributed by atoms with van der Waals surface area (Å²) >= 11 is 0. The molecule has 0 spiro atoms. The molecule has 34 heavy (non-hydrogen) atoms. The molecule has 0 bridgehead atoms. The summed E-state index contributed by atoms with van der Waals surface area (Å²) in [5, 5.41) is 19.7. The van der Waals surface area contributed by atoms with Crippen LogP contribution in [0.25, 0.3) is 0 Å². The Morgan fingerprint density at radius 1 is 0.824 bits per heavy atom. The van der Waals surface area contributed by atoms with Crippen molar-refractivity contribution < 1.29 is 34.0 Å². The minimum atomic E-state index is -0.996. The highest BCUT2D eigenvalue weighted by molar-refractivity contribution is 5.70. The van der Waals surface area contributed by atoms with Crippen molar-refractivity contribution in [3.05, 3.63) is 0 Å². The normalized spacial score (nSPS) is 20.9. The van der Waals surface area contributed by atoms with E-state index in [-0.39, 0.29) is 19.4 Å². The highest BCUT2D eigenvalue weighted by atomic mass is 16.6. The highest BCUT2D eigenvalue weighted by Gasteiger charge is 2.45. The van der Waals surface area contributed by atoms with E-state index in [1.807, 2.05) is 0 Å². The third-order valence-electron chi connectivity index (χ3n) is 6.53. The van der Waals surface area contributed by atoms with E-state index >= 15 is 0 Å². The molecule has 0 aromatic rings. The Balaban J connectivity index is 2.06. The highest BCUT2D eigenvalue weighted by Crippen LogP contribution is 2.24. The lowest BCUT2D eigenvalue weighted by molar-refractivity contribution is -0.171. The molecular weight excluding hydrogens is 436 g/mol. The molecule has 0 aromatic heterocycles. The van der Waals surface area contributed by atoms with Crippen molar-refractivity contribution in [3.8, 4) is 0 Å². The molecule has 1 aliphatic heterocycles. The molecule has 0 aromatic carbocycles. The van der Waals surface area contributed by atoms with Gasteiger partial charge in [0.15, 0.2) is 12.2 Å². The van der Waals surface area contributed by atoms with Gasteiger partial charge in [0.2, 0.25) is 0 Å². The number of unbranched alkanes of at least 4 members (excludes halogenated alkanes) is 14. The van der Waals surface area contributed by atoms with E-state index in [1.54, 1.807) is 6.92 Å². The van der Waals surface area contributed by atoms with Crippen LogP contribution in [0.2, 0.25) is 0 Å². The topological polar surface area (TPSA) is 102 Å². The van der Waals surface area contributed by atoms with E-state index in [9.17, 15) is 19.8 Å². The van der Waals surface area contributed by atoms with Crippen LogP contribution in [-0.4, -0.2) is 59.8 Å². The lowest BCUT2D eigenvalue weighted by Crippen LogP contribution is -2.45. The maximum absolute atomic E-state index is 12.3. The number of aliphatic hydroxyl groups excluding tert-OH is 2. The van der Waals surface area contributed by atoms with Crippen molar-refractivity contribution in [2.75, 3.05) is 13.2 Å². The van der Waals surface area contributed by atoms with Crippen molar-refractivity contribution in [1.29, 1.82) is 0 Å². The van der Waals surface area contributed by atoms with Gasteiger partial charge in [0.1, 0.15) is 12.2 Å². The summed E-state index contributed by atoms with van der Waals surface area (Å²) < 4.78 is 16.0. The molecule has 0 radical (unpaired) electrons. The Morgan fingerprint density at radius 3 is 1.79 bits per heavy atom. The number of aliphatic hydroxyl groups is 2. The quantitative estimate of drug-likeness (QED) is 0.169. The van der Waals surface area contributed by atoms with E-state index in [0.717, 1.165) is 19.3 Å². The first-order chi connectivity index (χ1) is 16.5. The van der Waals surface area contributed by atoms with Gasteiger partial charge < -0.3 is 24.4 Å². The zero-order valence-electron chi connectivity index (χ0n) is 21.7. The fourth-order valence-electron chi connectivity index (χ4n) is 4.39. The maximum Gasteiger partial charge on any atom is 0.306 e. The van der Waals surface area contributed by atoms with E-state index in [4.69, 9.17) is 14.2 Å². The summed E-state index contributed by atoms with van der Waals surface area (Å²) in [4.78, 5) is 23.8. The van der Waals surface area contributed by atoms with Crippen molar-refractivity contribution in [2.24, 2.45) is 0 Å². The molecular formula is C27H50O7. The molecule has 200 valence electrons. The van der Waals surface area contributed by atoms with Gasteiger partial charge in [-0.2, -0.15) is 0 Å². The van der Waals surface area contributed by atoms with Crippen LogP contribution < -0.4 is 0 Å². The number of ether oxygens (including phenoxy) is 3. The predicted molar refractivity (Wildman–Crippen MR) is 132 cm³/mol. The lowest BCUT2D eigenvalue weighted by atomic mass is 10.0. The molecule has 1 heterocycles. The molecule has 0 unspecified atom stereocenters. The van der Waals surface area contributed by atoms with Crippen molar-refractivity contribution >= 4 is 11.9 Å². The largest absolute Gasteiger partial charge is 0.457 e. The minimum absolute atomic E-state index is 0.0260. The smallest absolute Gasteiger partial charge is 0.306 e. The molecule has 7 heteroatoms. The monoisotopic (exact) mass is 486 g/mol. The van der Waals surface area contributed by atoms with Crippen LogP contribution >= 0.6 is 0 Å². The number of hydrogen-bond acceptors (Lipinski definition) is 7. The maximum atomic E-state index is 12.3. The average Bonchev–Trinajstić information content (AvgIpc) is 3.19. The number of carbonyl (C=O) groups excluding carboxylic acids is 2. The van der Waals surface area contributed by atoms with Crippen molar-refractivity contribution in [2.45, 2.75) is 147 Å². The second-order valence-corrected chi connectivity index (χ2v) is 9.58. The number of esters is 2. The van der Waals surface area contributed by atoms with Gasteiger partial charge in [0.05, 0.1) is 13.2 Å². The molecule has 7 nitrogen and oxygen atoms in total. The Bertz CT molecular complexity index is 525. The summed E-state index contributed by atoms with van der Waals surface area (Å²) in [6, 6.07) is 0. The van der Waals surface area contributed by atoms with E-state index in [2.05, 4.69) is 6.92 Å². The Kier molecular flexibility index (Phi) is 18.2. The third kappa shape index (κ3) is 13.6. The first-order valence-corrected chi connectivity index (χ1v) is 13.8. The number of carbonyl (C=O) groups is 2. The Labute approximate surface area is 206 Å². The van der Waals surface area contributed by atoms with Gasteiger partial charge >= 0.3 is 11.9 Å². The first kappa shape index (κ1) is 30.9. The SMILES string of the molecule is CCCCCCCCCCCCCCCCCC(=O)O[C@H]1[C@@H]([C@@H](CO)OC(=O)CC)OC[C@@H]1O. The molecule has 1 saturated heterocycles. The second-order valence-electron chi connectivity index (χ2n) is 9.58. The van der Waals surface area contributed by atoms with E-state index < -0.39 is 43.0 Å². The number of rotatable bonds is 21. The first-order valence-electron chi connectivity index (χ1n) is 13.8. The summed E-state index contributed by atoms with van der Waals surface area (Å²) in [5.74, 6) is -0.875. The van der Waals surface area contributed by atoms with Crippen LogP contribution in [0.15, 0.2) is 0 Å². The zero-order valence-corrected chi connectivity index (χ0v) is 21.7. The second kappa shape index (κ2) is 20.1. The fraction of sp³-hybridized carbons (Fsp3) is 0.926. The molecule has 0 amide bonds. The Hall–Kier alpha value is -1.18. The molecule has 4 atom stereocenters. The average molecular weight is 487 g/mol. The zero-order chi connectivity index (χ0) is 25.0. The third-order valence-corrected chi connectivity index (χ3v) is 6.53. The van der Waals surface area contributed by atoms with Gasteiger partial charge in [-0.05, 0) is 6.42 Å². The molecule has 1 fully saturated rings. The summed E-state index contributed by atoms with van der Waals surface area (Å²) in [5.41, 5.74) is 0. The fourth-order valence-corrected chi connectivity index (χ4v) is 4.39. The van der Waals surface area contributed by atoms with Crippen LogP contribution in [0, 0.1) is 0 Å². The van der Waals surface area contributed by atoms with Crippen LogP contribution in [0.5, 0.6) is 0 Å². The van der Waals surface area contributed by atoms with Crippen LogP contribution in [-0.2, 0) is 23.8 Å². The summed E-state index contributed by atoms with van der Waals surface area (Å²) in [6.07, 6.45) is 15.6. The van der Waals surface area contributed by atoms with Gasteiger partial charge in [-0.15, -0.1) is 0 Å². The van der Waals surface area contributed by atoms with Gasteiger partial charge in [-0.25, -0.2) is 0 Å². The minimum Gasteiger partial charge on any atom is -0.457 e. The van der Waals surface area contributed by atoms with Crippen LogP contribution in [0.4, 0.5) is 0 Å². The van der Waals surface area contributed by atoms with Crippen molar-refractivity contribution in [3.63, 3.8) is 0 Å². The van der Waals surface area contributed by atoms with Gasteiger partial charge in [-0.1, -0.05) is 104 Å². The van der Waals surface area contributed by atoms with Gasteiger partial charge in [-0.3, -0.25) is 9.59 Å². The molecule has 1 rings (SSSR count). The standard InChI is InChI=1S/C27H50O7/c1-3-5-6-7-8-9-10-11-12-13-14-15-16-17-18-19-25(31)34-26-22(29)21-32-27(26)23(20-28)33-24(30)4-2/h22-23,26-29H,3-21H2,1-2H3/t22-,23+,26+,27+/m0/s1. The number of hydrogen-bond donors (Lipinski definition) is 2. The van der Waals surface area contributed by atoms with Crippen LogP contribution in [0.1, 0.15) is 123 Å². The molecule has 1 aliphatic rings. The lowest BCUT2D eigenvalue weighted by Gasteiger charge is -2.26. The predicted octanol–water partition coefficient (Wildman–Crippen LogP) is 5.23.